The summed E-state index contributed by atoms with van der Waals surface area (Å²) in [4.78, 5) is 11.8. The molecule has 4 heteroatoms. The van der Waals surface area contributed by atoms with Crippen molar-refractivity contribution in [3.63, 3.8) is 0 Å². The smallest absolute Gasteiger partial charge is 0.192 e. The molecule has 0 aromatic heterocycles. The van der Waals surface area contributed by atoms with Crippen molar-refractivity contribution < 1.29 is 18.7 Å². The molecule has 0 N–H and O–H groups in total. The fourth-order valence-corrected chi connectivity index (χ4v) is 1.47. The monoisotopic (exact) mass is 252 g/mol. The van der Waals surface area contributed by atoms with Gasteiger partial charge in [0.2, 0.25) is 0 Å². The molecule has 0 saturated carbocycles. The minimum Gasteiger partial charge on any atom is -0.496 e. The number of rotatable bonds is 8. The summed E-state index contributed by atoms with van der Waals surface area (Å²) in [6.07, 6.45) is 3.45. The summed E-state index contributed by atoms with van der Waals surface area (Å²) in [5.41, 5.74) is 0.209. The zero-order chi connectivity index (χ0) is 13.4. The van der Waals surface area contributed by atoms with Gasteiger partial charge in [-0.1, -0.05) is 6.08 Å². The highest BCUT2D eigenvalue weighted by Crippen LogP contribution is 2.19. The molecule has 0 atom stereocenters. The van der Waals surface area contributed by atoms with Gasteiger partial charge >= 0.3 is 0 Å². The third kappa shape index (κ3) is 4.30. The molecule has 0 aliphatic heterocycles. The van der Waals surface area contributed by atoms with Crippen LogP contribution in [0.1, 0.15) is 23.2 Å². The minimum absolute atomic E-state index is 0.0725. The van der Waals surface area contributed by atoms with Gasteiger partial charge in [0.05, 0.1) is 12.7 Å². The van der Waals surface area contributed by atoms with Crippen LogP contribution in [0.2, 0.25) is 0 Å². The van der Waals surface area contributed by atoms with E-state index in [-0.39, 0.29) is 18.0 Å². The van der Waals surface area contributed by atoms with Crippen molar-refractivity contribution in [3.05, 3.63) is 42.2 Å². The summed E-state index contributed by atoms with van der Waals surface area (Å²) in [7, 11) is 1.44. The van der Waals surface area contributed by atoms with E-state index in [0.29, 0.717) is 12.4 Å². The maximum atomic E-state index is 13.1. The van der Waals surface area contributed by atoms with Gasteiger partial charge in [-0.15, -0.1) is 6.58 Å². The molecule has 3 nitrogen and oxygen atoms in total. The lowest BCUT2D eigenvalue weighted by Crippen LogP contribution is -2.11. The number of ether oxygens (including phenoxy) is 2. The zero-order valence-corrected chi connectivity index (χ0v) is 10.4. The van der Waals surface area contributed by atoms with Gasteiger partial charge in [0.1, 0.15) is 18.2 Å². The number of carbonyl (C=O) groups excluding carboxylic acids is 1. The summed E-state index contributed by atoms with van der Waals surface area (Å²) in [6, 6.07) is 3.84. The number of Topliss-reactive ketones (excluding diaryl/α,β-unsaturated/α-hetero) is 1. The molecule has 98 valence electrons. The lowest BCUT2D eigenvalue weighted by molar-refractivity contribution is 0.0753. The first-order valence-electron chi connectivity index (χ1n) is 5.74. The quantitative estimate of drug-likeness (QED) is 0.405. The van der Waals surface area contributed by atoms with E-state index >= 15 is 0 Å². The van der Waals surface area contributed by atoms with E-state index in [2.05, 4.69) is 6.58 Å². The molecule has 0 amide bonds. The second-order valence-electron chi connectivity index (χ2n) is 3.75. The fraction of sp³-hybridized carbons (Fsp3) is 0.357. The molecule has 18 heavy (non-hydrogen) atoms. The number of carbonyl (C=O) groups is 1. The Bertz CT molecular complexity index is 416. The summed E-state index contributed by atoms with van der Waals surface area (Å²) >= 11 is 0. The molecule has 0 radical (unpaired) electrons. The van der Waals surface area contributed by atoms with Gasteiger partial charge < -0.3 is 9.47 Å². The van der Waals surface area contributed by atoms with Crippen LogP contribution in [0.5, 0.6) is 5.75 Å². The Morgan fingerprint density at radius 2 is 2.28 bits per heavy atom. The summed E-state index contributed by atoms with van der Waals surface area (Å²) in [5.74, 6) is -0.396. The van der Waals surface area contributed by atoms with Crippen molar-refractivity contribution in [3.8, 4) is 5.75 Å². The Morgan fingerprint density at radius 3 is 2.94 bits per heavy atom. The number of ketones is 1. The SMILES string of the molecule is C=CCCCOCC(=O)c1cc(F)ccc1OC. The normalized spacial score (nSPS) is 10.1. The molecule has 0 saturated heterocycles. The topological polar surface area (TPSA) is 35.5 Å². The molecule has 0 heterocycles. The van der Waals surface area contributed by atoms with Crippen LogP contribution in [0.25, 0.3) is 0 Å². The van der Waals surface area contributed by atoms with Gasteiger partial charge in [0.15, 0.2) is 5.78 Å². The van der Waals surface area contributed by atoms with Gasteiger partial charge in [0.25, 0.3) is 0 Å². The summed E-state index contributed by atoms with van der Waals surface area (Å²) < 4.78 is 23.3. The molecule has 0 bridgehead atoms. The van der Waals surface area contributed by atoms with E-state index < -0.39 is 5.82 Å². The lowest BCUT2D eigenvalue weighted by atomic mass is 10.1. The Balaban J connectivity index is 2.55. The Labute approximate surface area is 106 Å². The Kier molecular flexibility index (Phi) is 6.08. The Hall–Kier alpha value is -1.68. The number of hydrogen-bond donors (Lipinski definition) is 0. The van der Waals surface area contributed by atoms with Crippen LogP contribution >= 0.6 is 0 Å². The fourth-order valence-electron chi connectivity index (χ4n) is 1.47. The molecule has 0 unspecified atom stereocenters. The van der Waals surface area contributed by atoms with Crippen molar-refractivity contribution >= 4 is 5.78 Å². The maximum Gasteiger partial charge on any atom is 0.192 e. The molecule has 0 aliphatic carbocycles. The van der Waals surface area contributed by atoms with E-state index in [4.69, 9.17) is 9.47 Å². The largest absolute Gasteiger partial charge is 0.496 e. The maximum absolute atomic E-state index is 13.1. The van der Waals surface area contributed by atoms with Crippen molar-refractivity contribution in [1.82, 2.24) is 0 Å². The molecule has 1 rings (SSSR count). The molecule has 1 aromatic rings. The first kappa shape index (κ1) is 14.4. The van der Waals surface area contributed by atoms with E-state index in [9.17, 15) is 9.18 Å². The van der Waals surface area contributed by atoms with Gasteiger partial charge in [-0.3, -0.25) is 4.79 Å². The molecular weight excluding hydrogens is 235 g/mol. The summed E-state index contributed by atoms with van der Waals surface area (Å²) in [5, 5.41) is 0. The molecular formula is C14H17FO3. The van der Waals surface area contributed by atoms with Crippen LogP contribution in [0.3, 0.4) is 0 Å². The van der Waals surface area contributed by atoms with Crippen molar-refractivity contribution in [2.75, 3.05) is 20.3 Å². The average molecular weight is 252 g/mol. The second kappa shape index (κ2) is 7.61. The minimum atomic E-state index is -0.467. The van der Waals surface area contributed by atoms with Gasteiger partial charge in [-0.05, 0) is 31.0 Å². The molecule has 0 aliphatic rings. The highest BCUT2D eigenvalue weighted by molar-refractivity contribution is 5.99. The number of methoxy groups -OCH3 is 1. The van der Waals surface area contributed by atoms with Crippen LogP contribution in [0.4, 0.5) is 4.39 Å². The van der Waals surface area contributed by atoms with Gasteiger partial charge in [-0.2, -0.15) is 0 Å². The number of allylic oxidation sites excluding steroid dienone is 1. The van der Waals surface area contributed by atoms with E-state index in [0.717, 1.165) is 18.9 Å². The first-order valence-corrected chi connectivity index (χ1v) is 5.74. The number of hydrogen-bond acceptors (Lipinski definition) is 3. The van der Waals surface area contributed by atoms with E-state index in [1.165, 1.54) is 19.2 Å². The average Bonchev–Trinajstić information content (AvgIpc) is 2.38. The highest BCUT2D eigenvalue weighted by Gasteiger charge is 2.13. The molecule has 1 aromatic carbocycles. The Morgan fingerprint density at radius 1 is 1.50 bits per heavy atom. The van der Waals surface area contributed by atoms with Crippen LogP contribution in [0, 0.1) is 5.82 Å². The van der Waals surface area contributed by atoms with Crippen molar-refractivity contribution in [2.45, 2.75) is 12.8 Å². The summed E-state index contributed by atoms with van der Waals surface area (Å²) in [6.45, 7) is 4.00. The van der Waals surface area contributed by atoms with Crippen LogP contribution in [-0.2, 0) is 4.74 Å². The predicted molar refractivity (Wildman–Crippen MR) is 67.5 cm³/mol. The lowest BCUT2D eigenvalue weighted by Gasteiger charge is -2.08. The van der Waals surface area contributed by atoms with Crippen LogP contribution < -0.4 is 4.74 Å². The number of unbranched alkanes of at least 4 members (excludes halogenated alkanes) is 1. The second-order valence-corrected chi connectivity index (χ2v) is 3.75. The predicted octanol–water partition coefficient (Wildman–Crippen LogP) is 3.00. The van der Waals surface area contributed by atoms with Gasteiger partial charge in [-0.25, -0.2) is 4.39 Å². The van der Waals surface area contributed by atoms with Gasteiger partial charge in [0, 0.05) is 6.61 Å². The zero-order valence-electron chi connectivity index (χ0n) is 10.4. The van der Waals surface area contributed by atoms with Crippen molar-refractivity contribution in [1.29, 1.82) is 0 Å². The highest BCUT2D eigenvalue weighted by atomic mass is 19.1. The third-order valence-corrected chi connectivity index (χ3v) is 2.39. The van der Waals surface area contributed by atoms with E-state index in [1.54, 1.807) is 6.08 Å². The number of benzene rings is 1. The first-order chi connectivity index (χ1) is 8.69. The molecule has 0 fully saturated rings. The third-order valence-electron chi connectivity index (χ3n) is 2.39. The standard InChI is InChI=1S/C14H17FO3/c1-3-4-5-8-18-10-13(16)12-9-11(15)6-7-14(12)17-2/h3,6-7,9H,1,4-5,8,10H2,2H3. The van der Waals surface area contributed by atoms with Crippen LogP contribution in [0.15, 0.2) is 30.9 Å². The van der Waals surface area contributed by atoms with Crippen LogP contribution in [-0.4, -0.2) is 26.1 Å². The van der Waals surface area contributed by atoms with E-state index in [1.807, 2.05) is 0 Å². The van der Waals surface area contributed by atoms with Crippen molar-refractivity contribution in [2.24, 2.45) is 0 Å². The number of halogens is 1. The molecule has 0 spiro atoms.